The van der Waals surface area contributed by atoms with Crippen molar-refractivity contribution in [2.75, 3.05) is 0 Å². The van der Waals surface area contributed by atoms with E-state index in [2.05, 4.69) is 217 Å². The summed E-state index contributed by atoms with van der Waals surface area (Å²) < 4.78 is 0. The second kappa shape index (κ2) is 14.8. The number of hydrogen-bond donors (Lipinski definition) is 0. The van der Waals surface area contributed by atoms with E-state index in [0.717, 1.165) is 39.2 Å². The highest BCUT2D eigenvalue weighted by molar-refractivity contribution is 5.99. The lowest BCUT2D eigenvalue weighted by molar-refractivity contribution is 0.775. The minimum absolute atomic E-state index is 0.541. The zero-order valence-corrected chi connectivity index (χ0v) is 35.4. The van der Waals surface area contributed by atoms with Crippen LogP contribution in [0.1, 0.15) is 22.3 Å². The summed E-state index contributed by atoms with van der Waals surface area (Å²) in [5.41, 5.74) is 21.4. The molecule has 2 aliphatic carbocycles. The maximum Gasteiger partial charge on any atom is 0.160 e. The highest BCUT2D eigenvalue weighted by atomic mass is 14.9. The van der Waals surface area contributed by atoms with Gasteiger partial charge in [-0.1, -0.05) is 200 Å². The van der Waals surface area contributed by atoms with Gasteiger partial charge in [-0.15, -0.1) is 0 Å². The fourth-order valence-corrected chi connectivity index (χ4v) is 10.7. The lowest BCUT2D eigenvalue weighted by atomic mass is 9.66. The Morgan fingerprint density at radius 3 is 1.40 bits per heavy atom. The highest BCUT2D eigenvalue weighted by Gasteiger charge is 2.49. The molecule has 3 nitrogen and oxygen atoms in total. The van der Waals surface area contributed by atoms with Crippen LogP contribution in [-0.2, 0) is 5.41 Å². The summed E-state index contributed by atoms with van der Waals surface area (Å²) in [6.07, 6.45) is 3.66. The van der Waals surface area contributed by atoms with Crippen molar-refractivity contribution in [1.29, 1.82) is 0 Å². The summed E-state index contributed by atoms with van der Waals surface area (Å²) in [7, 11) is 0. The molecule has 0 radical (unpaired) electrons. The predicted molar refractivity (Wildman–Crippen MR) is 266 cm³/mol. The van der Waals surface area contributed by atoms with Gasteiger partial charge >= 0.3 is 0 Å². The lowest BCUT2D eigenvalue weighted by Crippen LogP contribution is -2.29. The third-order valence-electron chi connectivity index (χ3n) is 13.7. The molecule has 2 aromatic heterocycles. The van der Waals surface area contributed by atoms with Crippen LogP contribution < -0.4 is 0 Å². The van der Waals surface area contributed by atoms with E-state index in [1.54, 1.807) is 0 Å². The van der Waals surface area contributed by atoms with Crippen LogP contribution in [0.5, 0.6) is 0 Å². The molecule has 0 N–H and O–H groups in total. The molecule has 2 aliphatic rings. The van der Waals surface area contributed by atoms with Crippen LogP contribution in [0.4, 0.5) is 0 Å². The van der Waals surface area contributed by atoms with Crippen LogP contribution >= 0.6 is 0 Å². The van der Waals surface area contributed by atoms with Gasteiger partial charge in [-0.05, 0) is 113 Å². The van der Waals surface area contributed by atoms with Crippen LogP contribution in [0.2, 0.25) is 0 Å². The Balaban J connectivity index is 1.02. The minimum Gasteiger partial charge on any atom is -0.265 e. The first-order valence-electron chi connectivity index (χ1n) is 22.2. The fourth-order valence-electron chi connectivity index (χ4n) is 10.7. The molecule has 0 saturated carbocycles. The van der Waals surface area contributed by atoms with Gasteiger partial charge in [0.05, 0.1) is 16.8 Å². The van der Waals surface area contributed by atoms with Crippen LogP contribution in [0.3, 0.4) is 0 Å². The molecule has 0 saturated heterocycles. The van der Waals surface area contributed by atoms with Crippen LogP contribution in [0.15, 0.2) is 237 Å². The molecule has 65 heavy (non-hydrogen) atoms. The SMILES string of the molecule is c1ccc2c(c1)-c1ccccc1C1(c3ccc(-c4cc(-c5ccc(-c6cccc7ccccc67)cc5)nc(-c5ccc(-c6ccncc6)cc5)n4)cc3-2)c2ccccc2-c2ccccc21. The summed E-state index contributed by atoms with van der Waals surface area (Å²) in [6.45, 7) is 0. The van der Waals surface area contributed by atoms with E-state index in [0.29, 0.717) is 5.82 Å². The fraction of sp³-hybridized carbons (Fsp3) is 0.0161. The summed E-state index contributed by atoms with van der Waals surface area (Å²) in [5, 5.41) is 2.47. The summed E-state index contributed by atoms with van der Waals surface area (Å²) in [5.74, 6) is 0.676. The average molecular weight is 826 g/mol. The molecule has 13 rings (SSSR count). The van der Waals surface area contributed by atoms with Gasteiger partial charge in [-0.3, -0.25) is 4.98 Å². The summed E-state index contributed by atoms with van der Waals surface area (Å²) in [6, 6.07) is 81.7. The van der Waals surface area contributed by atoms with Crippen molar-refractivity contribution < 1.29 is 0 Å². The Morgan fingerprint density at radius 1 is 0.277 bits per heavy atom. The normalized spacial score (nSPS) is 12.7. The van der Waals surface area contributed by atoms with E-state index >= 15 is 0 Å². The molecule has 2 heterocycles. The number of nitrogens with zero attached hydrogens (tertiary/aromatic N) is 3. The molecule has 0 atom stereocenters. The van der Waals surface area contributed by atoms with E-state index < -0.39 is 5.41 Å². The molecular weight excluding hydrogens is 787 g/mol. The van der Waals surface area contributed by atoms with Gasteiger partial charge in [0.15, 0.2) is 5.82 Å². The van der Waals surface area contributed by atoms with E-state index in [-0.39, 0.29) is 0 Å². The Morgan fingerprint density at radius 2 is 0.723 bits per heavy atom. The summed E-state index contributed by atoms with van der Waals surface area (Å²) in [4.78, 5) is 14.9. The Hall–Kier alpha value is -8.53. The minimum atomic E-state index is -0.541. The second-order valence-corrected chi connectivity index (χ2v) is 17.1. The molecule has 9 aromatic carbocycles. The van der Waals surface area contributed by atoms with E-state index in [9.17, 15) is 0 Å². The van der Waals surface area contributed by atoms with Gasteiger partial charge in [-0.25, -0.2) is 9.97 Å². The first-order chi connectivity index (χ1) is 32.2. The van der Waals surface area contributed by atoms with Gasteiger partial charge in [-0.2, -0.15) is 0 Å². The predicted octanol–water partition coefficient (Wildman–Crippen LogP) is 15.4. The number of aromatic nitrogens is 3. The Kier molecular flexibility index (Phi) is 8.44. The molecule has 3 heteroatoms. The Labute approximate surface area is 378 Å². The number of hydrogen-bond acceptors (Lipinski definition) is 3. The van der Waals surface area contributed by atoms with Gasteiger partial charge in [0.2, 0.25) is 0 Å². The number of pyridine rings is 1. The van der Waals surface area contributed by atoms with Crippen molar-refractivity contribution in [3.63, 3.8) is 0 Å². The van der Waals surface area contributed by atoms with E-state index in [4.69, 9.17) is 9.97 Å². The molecular formula is C62H39N3. The molecule has 0 bridgehead atoms. The van der Waals surface area contributed by atoms with Gasteiger partial charge in [0.1, 0.15) is 0 Å². The molecule has 0 fully saturated rings. The quantitative estimate of drug-likeness (QED) is 0.173. The topological polar surface area (TPSA) is 38.7 Å². The number of benzene rings is 9. The van der Waals surface area contributed by atoms with Crippen molar-refractivity contribution in [2.24, 2.45) is 0 Å². The number of fused-ring (bicyclic) bond motifs is 13. The van der Waals surface area contributed by atoms with Crippen molar-refractivity contribution in [1.82, 2.24) is 15.0 Å². The van der Waals surface area contributed by atoms with Crippen molar-refractivity contribution in [3.05, 3.63) is 259 Å². The summed E-state index contributed by atoms with van der Waals surface area (Å²) >= 11 is 0. The van der Waals surface area contributed by atoms with Gasteiger partial charge in [0.25, 0.3) is 0 Å². The van der Waals surface area contributed by atoms with Crippen LogP contribution in [0.25, 0.3) is 100 Å². The second-order valence-electron chi connectivity index (χ2n) is 17.1. The Bertz CT molecular complexity index is 3590. The maximum absolute atomic E-state index is 5.41. The van der Waals surface area contributed by atoms with Gasteiger partial charge < -0.3 is 0 Å². The average Bonchev–Trinajstić information content (AvgIpc) is 3.63. The third kappa shape index (κ3) is 5.79. The number of rotatable bonds is 5. The lowest BCUT2D eigenvalue weighted by Gasteiger charge is -2.35. The highest BCUT2D eigenvalue weighted by Crippen LogP contribution is 2.61. The van der Waals surface area contributed by atoms with Crippen molar-refractivity contribution in [2.45, 2.75) is 5.41 Å². The zero-order valence-electron chi connectivity index (χ0n) is 35.4. The first-order valence-corrected chi connectivity index (χ1v) is 22.2. The monoisotopic (exact) mass is 825 g/mol. The molecule has 11 aromatic rings. The maximum atomic E-state index is 5.41. The van der Waals surface area contributed by atoms with Crippen molar-refractivity contribution in [3.8, 4) is 89.5 Å². The van der Waals surface area contributed by atoms with E-state index in [1.807, 2.05) is 24.5 Å². The molecule has 302 valence electrons. The van der Waals surface area contributed by atoms with Crippen LogP contribution in [-0.4, -0.2) is 15.0 Å². The molecule has 1 spiro atoms. The van der Waals surface area contributed by atoms with Crippen molar-refractivity contribution >= 4 is 10.8 Å². The molecule has 0 unspecified atom stereocenters. The van der Waals surface area contributed by atoms with Gasteiger partial charge in [0, 0.05) is 29.1 Å². The molecule has 0 aliphatic heterocycles. The van der Waals surface area contributed by atoms with E-state index in [1.165, 1.54) is 77.5 Å². The molecule has 0 amide bonds. The third-order valence-corrected chi connectivity index (χ3v) is 13.7. The standard InChI is InChI=1S/C62H39N3/c1-2-14-47-42(12-1)13-11-20-48(47)43-26-28-44(29-27-43)59-39-60(65-61(64-59)45-30-24-40(25-31-45)41-34-36-63-37-35-41)46-32-33-58-54(38-46)50-16-4-3-15-49(50)51-17-5-8-21-55(51)62(58)56-22-9-6-18-52(56)53-19-7-10-23-57(53)62/h1-39H. The smallest absolute Gasteiger partial charge is 0.160 e. The first kappa shape index (κ1) is 37.1. The van der Waals surface area contributed by atoms with Crippen LogP contribution in [0, 0.1) is 0 Å². The zero-order chi connectivity index (χ0) is 42.9. The largest absolute Gasteiger partial charge is 0.265 e.